The van der Waals surface area contributed by atoms with E-state index in [1.807, 2.05) is 19.9 Å². The summed E-state index contributed by atoms with van der Waals surface area (Å²) in [7, 11) is -7.52. The van der Waals surface area contributed by atoms with E-state index >= 15 is 0 Å². The molecule has 0 bridgehead atoms. The molecule has 0 saturated heterocycles. The summed E-state index contributed by atoms with van der Waals surface area (Å²) in [4.78, 5) is 12.6. The fourth-order valence-electron chi connectivity index (χ4n) is 3.29. The number of carbonyl (C=O) groups excluding carboxylic acids is 1. The number of rotatable bonds is 8. The first kappa shape index (κ1) is 25.3. The van der Waals surface area contributed by atoms with Crippen LogP contribution in [0.4, 0.5) is 17.1 Å². The molecule has 3 aromatic carbocycles. The van der Waals surface area contributed by atoms with E-state index in [4.69, 9.17) is 0 Å². The maximum atomic E-state index is 12.7. The van der Waals surface area contributed by atoms with E-state index in [-0.39, 0.29) is 4.90 Å². The summed E-state index contributed by atoms with van der Waals surface area (Å²) >= 11 is 0. The average molecular weight is 502 g/mol. The number of para-hydroxylation sites is 1. The van der Waals surface area contributed by atoms with E-state index < -0.39 is 32.5 Å². The summed E-state index contributed by atoms with van der Waals surface area (Å²) in [6.45, 7) is 5.18. The first-order chi connectivity index (χ1) is 15.9. The molecule has 3 aromatic rings. The molecule has 0 heterocycles. The Balaban J connectivity index is 1.72. The number of amides is 1. The molecule has 180 valence electrons. The number of nitrogens with zero attached hydrogens (tertiary/aromatic N) is 1. The van der Waals surface area contributed by atoms with E-state index in [0.717, 1.165) is 21.7 Å². The van der Waals surface area contributed by atoms with Gasteiger partial charge in [0.25, 0.3) is 10.0 Å². The summed E-state index contributed by atoms with van der Waals surface area (Å²) < 4.78 is 53.6. The van der Waals surface area contributed by atoms with Crippen molar-refractivity contribution in [2.45, 2.75) is 25.7 Å². The van der Waals surface area contributed by atoms with Gasteiger partial charge in [0.05, 0.1) is 16.8 Å². The van der Waals surface area contributed by atoms with Crippen LogP contribution in [0.15, 0.2) is 71.6 Å². The molecule has 3 rings (SSSR count). The molecule has 0 aliphatic carbocycles. The average Bonchev–Trinajstić information content (AvgIpc) is 2.75. The molecule has 1 amide bonds. The highest BCUT2D eigenvalue weighted by Crippen LogP contribution is 2.23. The molecule has 0 spiro atoms. The van der Waals surface area contributed by atoms with Crippen LogP contribution in [0.1, 0.15) is 16.7 Å². The molecule has 8 nitrogen and oxygen atoms in total. The second kappa shape index (κ2) is 9.86. The Morgan fingerprint density at radius 3 is 2.00 bits per heavy atom. The molecule has 0 atom stereocenters. The van der Waals surface area contributed by atoms with Gasteiger partial charge in [-0.25, -0.2) is 16.8 Å². The first-order valence-electron chi connectivity index (χ1n) is 10.4. The molecule has 0 fully saturated rings. The Morgan fingerprint density at radius 2 is 1.41 bits per heavy atom. The van der Waals surface area contributed by atoms with Crippen molar-refractivity contribution in [1.29, 1.82) is 0 Å². The summed E-state index contributed by atoms with van der Waals surface area (Å²) in [6.07, 6.45) is 1.04. The highest BCUT2D eigenvalue weighted by molar-refractivity contribution is 7.92. The summed E-state index contributed by atoms with van der Waals surface area (Å²) in [5.41, 5.74) is 3.95. The molecular weight excluding hydrogens is 474 g/mol. The van der Waals surface area contributed by atoms with Crippen molar-refractivity contribution in [2.24, 2.45) is 0 Å². The number of benzene rings is 3. The molecule has 0 aromatic heterocycles. The molecule has 0 saturated carbocycles. The van der Waals surface area contributed by atoms with Crippen LogP contribution in [-0.4, -0.2) is 35.5 Å². The zero-order valence-corrected chi connectivity index (χ0v) is 21.0. The van der Waals surface area contributed by atoms with Crippen molar-refractivity contribution in [3.05, 3.63) is 83.4 Å². The first-order valence-corrected chi connectivity index (χ1v) is 13.7. The van der Waals surface area contributed by atoms with Crippen molar-refractivity contribution in [3.8, 4) is 0 Å². The van der Waals surface area contributed by atoms with Gasteiger partial charge in [-0.3, -0.25) is 13.8 Å². The van der Waals surface area contributed by atoms with Crippen molar-refractivity contribution < 1.29 is 21.6 Å². The number of sulfonamides is 2. The lowest BCUT2D eigenvalue weighted by Gasteiger charge is -2.23. The smallest absolute Gasteiger partial charge is 0.261 e. The van der Waals surface area contributed by atoms with Crippen LogP contribution in [-0.2, 0) is 24.8 Å². The molecule has 34 heavy (non-hydrogen) atoms. The molecule has 0 aliphatic heterocycles. The Hall–Kier alpha value is -3.37. The highest BCUT2D eigenvalue weighted by atomic mass is 32.2. The van der Waals surface area contributed by atoms with Crippen LogP contribution in [0, 0.1) is 20.8 Å². The lowest BCUT2D eigenvalue weighted by Crippen LogP contribution is -2.37. The molecule has 0 aliphatic rings. The van der Waals surface area contributed by atoms with Crippen molar-refractivity contribution >= 4 is 43.0 Å². The monoisotopic (exact) mass is 501 g/mol. The molecule has 0 unspecified atom stereocenters. The molecule has 0 radical (unpaired) electrons. The van der Waals surface area contributed by atoms with E-state index in [1.165, 1.54) is 24.3 Å². The Bertz CT molecular complexity index is 1420. The third-order valence-corrected chi connectivity index (χ3v) is 7.80. The van der Waals surface area contributed by atoms with Gasteiger partial charge >= 0.3 is 0 Å². The van der Waals surface area contributed by atoms with Crippen LogP contribution in [0.5, 0.6) is 0 Å². The minimum Gasteiger partial charge on any atom is -0.325 e. The van der Waals surface area contributed by atoms with Crippen molar-refractivity contribution in [3.63, 3.8) is 0 Å². The topological polar surface area (TPSA) is 113 Å². The fourth-order valence-corrected chi connectivity index (χ4v) is 5.26. The van der Waals surface area contributed by atoms with Gasteiger partial charge < -0.3 is 5.32 Å². The number of aryl methyl sites for hydroxylation is 3. The second-order valence-corrected chi connectivity index (χ2v) is 11.6. The number of nitrogens with one attached hydrogen (secondary N) is 2. The third-order valence-electron chi connectivity index (χ3n) is 5.28. The van der Waals surface area contributed by atoms with Crippen LogP contribution in [0.3, 0.4) is 0 Å². The van der Waals surface area contributed by atoms with E-state index in [2.05, 4.69) is 10.0 Å². The Morgan fingerprint density at radius 1 is 0.794 bits per heavy atom. The Labute approximate surface area is 200 Å². The lowest BCUT2D eigenvalue weighted by atomic mass is 10.1. The number of anilines is 3. The highest BCUT2D eigenvalue weighted by Gasteiger charge is 2.22. The normalized spacial score (nSPS) is 11.6. The Kier molecular flexibility index (Phi) is 7.32. The summed E-state index contributed by atoms with van der Waals surface area (Å²) in [5.74, 6) is -0.558. The predicted molar refractivity (Wildman–Crippen MR) is 135 cm³/mol. The maximum absolute atomic E-state index is 12.7. The van der Waals surface area contributed by atoms with Crippen LogP contribution >= 0.6 is 0 Å². The molecule has 10 heteroatoms. The van der Waals surface area contributed by atoms with Gasteiger partial charge in [-0.05, 0) is 79.9 Å². The van der Waals surface area contributed by atoms with Gasteiger partial charge in [0.15, 0.2) is 0 Å². The van der Waals surface area contributed by atoms with E-state index in [0.29, 0.717) is 22.6 Å². The van der Waals surface area contributed by atoms with Gasteiger partial charge in [0.2, 0.25) is 15.9 Å². The standard InChI is InChI=1S/C24H27N3O5S2/c1-17-9-10-21(15-19(17)3)26-34(31,32)22-13-11-20(12-14-22)25-24(28)16-27(33(4,29)30)23-8-6-5-7-18(23)2/h5-15,26H,16H2,1-4H3,(H,25,28). The number of carbonyl (C=O) groups is 1. The predicted octanol–water partition coefficient (Wildman–Crippen LogP) is 3.82. The van der Waals surface area contributed by atoms with Crippen LogP contribution in [0.2, 0.25) is 0 Å². The van der Waals surface area contributed by atoms with Crippen LogP contribution < -0.4 is 14.3 Å². The van der Waals surface area contributed by atoms with Crippen molar-refractivity contribution in [1.82, 2.24) is 0 Å². The van der Waals surface area contributed by atoms with Gasteiger partial charge in [0.1, 0.15) is 6.54 Å². The van der Waals surface area contributed by atoms with E-state index in [9.17, 15) is 21.6 Å². The van der Waals surface area contributed by atoms with Gasteiger partial charge in [-0.1, -0.05) is 24.3 Å². The minimum atomic E-state index is -3.82. The lowest BCUT2D eigenvalue weighted by molar-refractivity contribution is -0.114. The minimum absolute atomic E-state index is 0.0291. The number of hydrogen-bond donors (Lipinski definition) is 2. The summed E-state index contributed by atoms with van der Waals surface area (Å²) in [6, 6.07) is 17.8. The quantitative estimate of drug-likeness (QED) is 0.487. The van der Waals surface area contributed by atoms with E-state index in [1.54, 1.807) is 43.3 Å². The third kappa shape index (κ3) is 6.15. The van der Waals surface area contributed by atoms with Crippen molar-refractivity contribution in [2.75, 3.05) is 27.1 Å². The fraction of sp³-hybridized carbons (Fsp3) is 0.208. The zero-order chi connectivity index (χ0) is 25.1. The molecular formula is C24H27N3O5S2. The SMILES string of the molecule is Cc1ccc(NS(=O)(=O)c2ccc(NC(=O)CN(c3ccccc3C)S(C)(=O)=O)cc2)cc1C. The maximum Gasteiger partial charge on any atom is 0.261 e. The van der Waals surface area contributed by atoms with Gasteiger partial charge in [-0.2, -0.15) is 0 Å². The zero-order valence-electron chi connectivity index (χ0n) is 19.4. The van der Waals surface area contributed by atoms with Gasteiger partial charge in [-0.15, -0.1) is 0 Å². The number of hydrogen-bond acceptors (Lipinski definition) is 5. The summed E-state index contributed by atoms with van der Waals surface area (Å²) in [5, 5.41) is 2.62. The molecule has 2 N–H and O–H groups in total. The second-order valence-electron chi connectivity index (χ2n) is 8.03. The van der Waals surface area contributed by atoms with Gasteiger partial charge in [0, 0.05) is 11.4 Å². The largest absolute Gasteiger partial charge is 0.325 e. The van der Waals surface area contributed by atoms with Crippen LogP contribution in [0.25, 0.3) is 0 Å².